The van der Waals surface area contributed by atoms with Crippen molar-refractivity contribution in [3.8, 4) is 0 Å². The molecule has 1 aliphatic carbocycles. The normalized spacial score (nSPS) is 14.9. The van der Waals surface area contributed by atoms with Gasteiger partial charge in [-0.25, -0.2) is 4.79 Å². The lowest BCUT2D eigenvalue weighted by Gasteiger charge is -2.11. The predicted molar refractivity (Wildman–Crippen MR) is 49.4 cm³/mol. The van der Waals surface area contributed by atoms with Crippen LogP contribution in [0.5, 0.6) is 0 Å². The number of carboxylic acids is 1. The Hall–Kier alpha value is -1.58. The number of aryl methyl sites for hydroxylation is 1. The van der Waals surface area contributed by atoms with E-state index in [2.05, 4.69) is 4.98 Å². The number of Topliss-reactive ketones (excluding diaryl/α,β-unsaturated/α-hetero) is 1. The maximum absolute atomic E-state index is 11.2. The number of aromatic amines is 1. The summed E-state index contributed by atoms with van der Waals surface area (Å²) in [7, 11) is 0. The van der Waals surface area contributed by atoms with Gasteiger partial charge in [-0.15, -0.1) is 0 Å². The van der Waals surface area contributed by atoms with Crippen molar-refractivity contribution in [2.24, 2.45) is 0 Å². The molecule has 0 fully saturated rings. The summed E-state index contributed by atoms with van der Waals surface area (Å²) in [4.78, 5) is 24.5. The molecule has 0 bridgehead atoms. The number of fused-ring (bicyclic) bond motifs is 1. The van der Waals surface area contributed by atoms with E-state index in [0.29, 0.717) is 0 Å². The number of carboxylic acid groups (broad SMARTS) is 1. The second kappa shape index (κ2) is 3.29. The fraction of sp³-hybridized carbons (Fsp3) is 0.400. The van der Waals surface area contributed by atoms with E-state index in [-0.39, 0.29) is 5.69 Å². The van der Waals surface area contributed by atoms with Crippen molar-refractivity contribution in [3.63, 3.8) is 0 Å². The summed E-state index contributed by atoms with van der Waals surface area (Å²) in [5, 5.41) is 8.59. The van der Waals surface area contributed by atoms with Crippen LogP contribution in [-0.2, 0) is 17.6 Å². The quantitative estimate of drug-likeness (QED) is 0.547. The van der Waals surface area contributed by atoms with E-state index in [1.807, 2.05) is 0 Å². The molecule has 1 heterocycles. The molecule has 0 atom stereocenters. The van der Waals surface area contributed by atoms with Crippen LogP contribution in [-0.4, -0.2) is 21.8 Å². The summed E-state index contributed by atoms with van der Waals surface area (Å²) in [6.45, 7) is 0. The van der Waals surface area contributed by atoms with Gasteiger partial charge in [0, 0.05) is 6.20 Å². The van der Waals surface area contributed by atoms with Crippen molar-refractivity contribution in [3.05, 3.63) is 23.0 Å². The van der Waals surface area contributed by atoms with E-state index in [9.17, 15) is 9.59 Å². The van der Waals surface area contributed by atoms with Gasteiger partial charge in [0.25, 0.3) is 5.78 Å². The number of carbonyl (C=O) groups excluding carboxylic acids is 1. The van der Waals surface area contributed by atoms with Gasteiger partial charge in [-0.1, -0.05) is 0 Å². The van der Waals surface area contributed by atoms with Gasteiger partial charge in [0.1, 0.15) is 0 Å². The average Bonchev–Trinajstić information content (AvgIpc) is 2.60. The summed E-state index contributed by atoms with van der Waals surface area (Å²) >= 11 is 0. The molecule has 14 heavy (non-hydrogen) atoms. The van der Waals surface area contributed by atoms with Crippen LogP contribution in [0.15, 0.2) is 6.20 Å². The van der Waals surface area contributed by atoms with Gasteiger partial charge in [-0.3, -0.25) is 4.79 Å². The first-order chi connectivity index (χ1) is 6.70. The SMILES string of the molecule is O=C(O)C(=O)c1[nH]cc2c1CCCC2. The highest BCUT2D eigenvalue weighted by Crippen LogP contribution is 2.24. The first-order valence-electron chi connectivity index (χ1n) is 4.67. The smallest absolute Gasteiger partial charge is 0.378 e. The Labute approximate surface area is 80.9 Å². The molecule has 0 radical (unpaired) electrons. The Morgan fingerprint density at radius 1 is 1.29 bits per heavy atom. The monoisotopic (exact) mass is 193 g/mol. The fourth-order valence-corrected chi connectivity index (χ4v) is 1.93. The number of nitrogens with one attached hydrogen (secondary N) is 1. The Bertz CT molecular complexity index is 392. The lowest BCUT2D eigenvalue weighted by Crippen LogP contribution is -2.16. The van der Waals surface area contributed by atoms with Crippen LogP contribution >= 0.6 is 0 Å². The summed E-state index contributed by atoms with van der Waals surface area (Å²) in [5.41, 5.74) is 2.27. The van der Waals surface area contributed by atoms with Gasteiger partial charge in [-0.2, -0.15) is 0 Å². The minimum Gasteiger partial charge on any atom is -0.475 e. The van der Waals surface area contributed by atoms with Crippen LogP contribution in [0.4, 0.5) is 0 Å². The summed E-state index contributed by atoms with van der Waals surface area (Å²) in [5.74, 6) is -2.21. The van der Waals surface area contributed by atoms with E-state index in [1.165, 1.54) is 0 Å². The minimum atomic E-state index is -1.39. The number of ketones is 1. The fourth-order valence-electron chi connectivity index (χ4n) is 1.93. The highest BCUT2D eigenvalue weighted by molar-refractivity contribution is 6.39. The Morgan fingerprint density at radius 3 is 2.71 bits per heavy atom. The molecule has 2 rings (SSSR count). The molecule has 0 amide bonds. The highest BCUT2D eigenvalue weighted by atomic mass is 16.4. The summed E-state index contributed by atoms with van der Waals surface area (Å²) < 4.78 is 0. The zero-order valence-corrected chi connectivity index (χ0v) is 7.67. The van der Waals surface area contributed by atoms with Gasteiger partial charge in [-0.05, 0) is 36.8 Å². The molecule has 2 N–H and O–H groups in total. The summed E-state index contributed by atoms with van der Waals surface area (Å²) in [6, 6.07) is 0. The number of aromatic nitrogens is 1. The van der Waals surface area contributed by atoms with Crippen molar-refractivity contribution in [2.45, 2.75) is 25.7 Å². The van der Waals surface area contributed by atoms with Crippen LogP contribution in [0.3, 0.4) is 0 Å². The van der Waals surface area contributed by atoms with Crippen molar-refractivity contribution >= 4 is 11.8 Å². The number of hydrogen-bond acceptors (Lipinski definition) is 2. The van der Waals surface area contributed by atoms with E-state index in [0.717, 1.165) is 36.8 Å². The molecule has 1 aromatic heterocycles. The second-order valence-corrected chi connectivity index (χ2v) is 3.51. The molecule has 0 saturated heterocycles. The van der Waals surface area contributed by atoms with Crippen LogP contribution < -0.4 is 0 Å². The third-order valence-corrected chi connectivity index (χ3v) is 2.62. The van der Waals surface area contributed by atoms with Crippen LogP contribution in [0, 0.1) is 0 Å². The first-order valence-corrected chi connectivity index (χ1v) is 4.67. The molecule has 0 saturated carbocycles. The second-order valence-electron chi connectivity index (χ2n) is 3.51. The maximum Gasteiger partial charge on any atom is 0.378 e. The van der Waals surface area contributed by atoms with E-state index >= 15 is 0 Å². The van der Waals surface area contributed by atoms with E-state index in [4.69, 9.17) is 5.11 Å². The van der Waals surface area contributed by atoms with Gasteiger partial charge < -0.3 is 10.1 Å². The van der Waals surface area contributed by atoms with Crippen LogP contribution in [0.1, 0.15) is 34.5 Å². The topological polar surface area (TPSA) is 70.2 Å². The molecule has 0 spiro atoms. The number of rotatable bonds is 2. The van der Waals surface area contributed by atoms with Gasteiger partial charge in [0.15, 0.2) is 0 Å². The molecular formula is C10H11NO3. The van der Waals surface area contributed by atoms with Crippen molar-refractivity contribution in [1.82, 2.24) is 4.98 Å². The predicted octanol–water partition coefficient (Wildman–Crippen LogP) is 1.16. The zero-order chi connectivity index (χ0) is 10.1. The number of carbonyl (C=O) groups is 2. The molecule has 0 unspecified atom stereocenters. The number of H-pyrrole nitrogens is 1. The highest BCUT2D eigenvalue weighted by Gasteiger charge is 2.23. The molecule has 74 valence electrons. The molecule has 0 aliphatic heterocycles. The lowest BCUT2D eigenvalue weighted by atomic mass is 9.93. The zero-order valence-electron chi connectivity index (χ0n) is 7.67. The lowest BCUT2D eigenvalue weighted by molar-refractivity contribution is -0.131. The minimum absolute atomic E-state index is 0.271. The van der Waals surface area contributed by atoms with Crippen molar-refractivity contribution in [2.75, 3.05) is 0 Å². The van der Waals surface area contributed by atoms with E-state index < -0.39 is 11.8 Å². The van der Waals surface area contributed by atoms with Crippen LogP contribution in [0.25, 0.3) is 0 Å². The summed E-state index contributed by atoms with van der Waals surface area (Å²) in [6.07, 6.45) is 5.66. The van der Waals surface area contributed by atoms with Gasteiger partial charge in [0.05, 0.1) is 5.69 Å². The molecular weight excluding hydrogens is 182 g/mol. The number of aliphatic carboxylic acids is 1. The van der Waals surface area contributed by atoms with Gasteiger partial charge in [0.2, 0.25) is 0 Å². The molecule has 4 nitrogen and oxygen atoms in total. The molecule has 1 aromatic rings. The Morgan fingerprint density at radius 2 is 2.00 bits per heavy atom. The molecule has 4 heteroatoms. The third-order valence-electron chi connectivity index (χ3n) is 2.62. The van der Waals surface area contributed by atoms with Crippen molar-refractivity contribution < 1.29 is 14.7 Å². The maximum atomic E-state index is 11.2. The third kappa shape index (κ3) is 1.32. The standard InChI is InChI=1S/C10H11NO3/c12-9(10(13)14)8-7-4-2-1-3-6(7)5-11-8/h5,11H,1-4H2,(H,13,14). The largest absolute Gasteiger partial charge is 0.475 e. The molecule has 1 aliphatic rings. The number of hydrogen-bond donors (Lipinski definition) is 2. The molecule has 0 aromatic carbocycles. The van der Waals surface area contributed by atoms with Crippen molar-refractivity contribution in [1.29, 1.82) is 0 Å². The Kier molecular flexibility index (Phi) is 2.11. The Balaban J connectivity index is 2.39. The first kappa shape index (κ1) is 8.99. The average molecular weight is 193 g/mol. The van der Waals surface area contributed by atoms with Crippen LogP contribution in [0.2, 0.25) is 0 Å². The van der Waals surface area contributed by atoms with Gasteiger partial charge >= 0.3 is 5.97 Å². The van der Waals surface area contributed by atoms with E-state index in [1.54, 1.807) is 6.20 Å².